The van der Waals surface area contributed by atoms with Gasteiger partial charge in [0.2, 0.25) is 0 Å². The van der Waals surface area contributed by atoms with Crippen LogP contribution in [0.15, 0.2) is 5.51 Å². The number of aliphatic hydroxyl groups is 1. The molecule has 0 aromatic carbocycles. The van der Waals surface area contributed by atoms with E-state index in [1.54, 1.807) is 11.3 Å². The molecule has 86 valence electrons. The van der Waals surface area contributed by atoms with E-state index in [1.165, 1.54) is 4.88 Å². The van der Waals surface area contributed by atoms with E-state index in [-0.39, 0.29) is 6.10 Å². The van der Waals surface area contributed by atoms with Gasteiger partial charge in [-0.15, -0.1) is 11.3 Å². The van der Waals surface area contributed by atoms with Gasteiger partial charge in [0, 0.05) is 24.5 Å². The van der Waals surface area contributed by atoms with Crippen LogP contribution >= 0.6 is 11.3 Å². The van der Waals surface area contributed by atoms with Crippen molar-refractivity contribution in [3.8, 4) is 0 Å². The van der Waals surface area contributed by atoms with Crippen LogP contribution in [0.1, 0.15) is 10.6 Å². The van der Waals surface area contributed by atoms with Crippen LogP contribution in [0, 0.1) is 6.92 Å². The molecule has 1 aromatic heterocycles. The van der Waals surface area contributed by atoms with Gasteiger partial charge in [-0.1, -0.05) is 0 Å². The van der Waals surface area contributed by atoms with E-state index in [4.69, 9.17) is 0 Å². The number of hydrogen-bond acceptors (Lipinski definition) is 5. The van der Waals surface area contributed by atoms with Crippen molar-refractivity contribution in [2.24, 2.45) is 0 Å². The van der Waals surface area contributed by atoms with Crippen molar-refractivity contribution in [3.05, 3.63) is 16.1 Å². The Hall–Kier alpha value is -0.490. The summed E-state index contributed by atoms with van der Waals surface area (Å²) in [5.74, 6) is 0. The highest BCUT2D eigenvalue weighted by molar-refractivity contribution is 7.09. The first-order valence-corrected chi connectivity index (χ1v) is 5.90. The Balaban J connectivity index is 2.19. The smallest absolute Gasteiger partial charge is 0.0798 e. The van der Waals surface area contributed by atoms with Gasteiger partial charge in [0.25, 0.3) is 0 Å². The molecular formula is C10H19N3OS. The number of likely N-dealkylation sites (N-methyl/N-ethyl adjacent to an activating group) is 1. The summed E-state index contributed by atoms with van der Waals surface area (Å²) in [6.07, 6.45) is -0.312. The van der Waals surface area contributed by atoms with E-state index >= 15 is 0 Å². The lowest BCUT2D eigenvalue weighted by atomic mass is 10.3. The summed E-state index contributed by atoms with van der Waals surface area (Å²) in [6, 6.07) is 0. The average molecular weight is 229 g/mol. The van der Waals surface area contributed by atoms with Crippen LogP contribution in [-0.2, 0) is 6.54 Å². The zero-order valence-electron chi connectivity index (χ0n) is 9.53. The minimum atomic E-state index is -0.312. The highest BCUT2D eigenvalue weighted by Crippen LogP contribution is 2.10. The Morgan fingerprint density at radius 3 is 2.87 bits per heavy atom. The number of hydrogen-bond donors (Lipinski definition) is 2. The second kappa shape index (κ2) is 6.17. The summed E-state index contributed by atoms with van der Waals surface area (Å²) >= 11 is 1.65. The van der Waals surface area contributed by atoms with Gasteiger partial charge in [0.1, 0.15) is 0 Å². The largest absolute Gasteiger partial charge is 0.390 e. The van der Waals surface area contributed by atoms with E-state index in [0.29, 0.717) is 13.1 Å². The Labute approximate surface area is 94.9 Å². The molecule has 1 rings (SSSR count). The third-order valence-corrected chi connectivity index (χ3v) is 3.02. The molecule has 4 nitrogen and oxygen atoms in total. The summed E-state index contributed by atoms with van der Waals surface area (Å²) < 4.78 is 0. The molecule has 0 aliphatic heterocycles. The van der Waals surface area contributed by atoms with Gasteiger partial charge in [-0.05, 0) is 21.0 Å². The molecule has 0 bridgehead atoms. The van der Waals surface area contributed by atoms with Gasteiger partial charge in [0.05, 0.1) is 17.3 Å². The molecule has 0 saturated heterocycles. The predicted molar refractivity (Wildman–Crippen MR) is 63.1 cm³/mol. The monoisotopic (exact) mass is 229 g/mol. The van der Waals surface area contributed by atoms with Gasteiger partial charge < -0.3 is 15.3 Å². The first-order chi connectivity index (χ1) is 7.09. The predicted octanol–water partition coefficient (Wildman–Crippen LogP) is 0.464. The zero-order chi connectivity index (χ0) is 11.3. The molecule has 5 heteroatoms. The molecule has 0 amide bonds. The summed E-state index contributed by atoms with van der Waals surface area (Å²) in [7, 11) is 3.91. The molecule has 0 aliphatic carbocycles. The maximum absolute atomic E-state index is 9.60. The first kappa shape index (κ1) is 12.6. The molecule has 15 heavy (non-hydrogen) atoms. The van der Waals surface area contributed by atoms with Crippen molar-refractivity contribution in [2.75, 3.05) is 27.2 Å². The van der Waals surface area contributed by atoms with Gasteiger partial charge in [-0.3, -0.25) is 0 Å². The van der Waals surface area contributed by atoms with E-state index in [9.17, 15) is 5.11 Å². The normalized spacial score (nSPS) is 13.4. The minimum Gasteiger partial charge on any atom is -0.390 e. The van der Waals surface area contributed by atoms with Crippen molar-refractivity contribution in [3.63, 3.8) is 0 Å². The van der Waals surface area contributed by atoms with Crippen LogP contribution in [0.2, 0.25) is 0 Å². The second-order valence-electron chi connectivity index (χ2n) is 3.91. The molecule has 0 spiro atoms. The van der Waals surface area contributed by atoms with Crippen molar-refractivity contribution >= 4 is 11.3 Å². The van der Waals surface area contributed by atoms with Crippen LogP contribution < -0.4 is 5.32 Å². The zero-order valence-corrected chi connectivity index (χ0v) is 10.3. The third kappa shape index (κ3) is 4.70. The molecule has 0 saturated carbocycles. The highest BCUT2D eigenvalue weighted by atomic mass is 32.1. The third-order valence-electron chi connectivity index (χ3n) is 2.09. The topological polar surface area (TPSA) is 48.4 Å². The van der Waals surface area contributed by atoms with Gasteiger partial charge >= 0.3 is 0 Å². The Morgan fingerprint density at radius 2 is 2.33 bits per heavy atom. The lowest BCUT2D eigenvalue weighted by Crippen LogP contribution is -2.34. The molecule has 0 aliphatic rings. The number of aromatic nitrogens is 1. The van der Waals surface area contributed by atoms with Crippen molar-refractivity contribution in [1.82, 2.24) is 15.2 Å². The number of aliphatic hydroxyl groups excluding tert-OH is 1. The lowest BCUT2D eigenvalue weighted by molar-refractivity contribution is 0.134. The van der Waals surface area contributed by atoms with Crippen molar-refractivity contribution < 1.29 is 5.11 Å². The van der Waals surface area contributed by atoms with Crippen LogP contribution in [0.25, 0.3) is 0 Å². The maximum atomic E-state index is 9.60. The standard InChI is InChI=1S/C10H19N3OS/c1-8-10(15-7-12-8)5-11-4-9(14)6-13(2)3/h7,9,11,14H,4-6H2,1-3H3. The van der Waals surface area contributed by atoms with Crippen LogP contribution in [-0.4, -0.2) is 48.3 Å². The van der Waals surface area contributed by atoms with E-state index in [1.807, 2.05) is 31.4 Å². The van der Waals surface area contributed by atoms with Gasteiger partial charge in [-0.25, -0.2) is 4.98 Å². The number of aryl methyl sites for hydroxylation is 1. The molecule has 2 N–H and O–H groups in total. The van der Waals surface area contributed by atoms with E-state index in [2.05, 4.69) is 10.3 Å². The molecule has 0 fully saturated rings. The van der Waals surface area contributed by atoms with Crippen molar-refractivity contribution in [2.45, 2.75) is 19.6 Å². The fraction of sp³-hybridized carbons (Fsp3) is 0.700. The van der Waals surface area contributed by atoms with Crippen LogP contribution in [0.5, 0.6) is 0 Å². The van der Waals surface area contributed by atoms with E-state index in [0.717, 1.165) is 12.2 Å². The van der Waals surface area contributed by atoms with Gasteiger partial charge in [0.15, 0.2) is 0 Å². The number of rotatable bonds is 6. The number of thiazole rings is 1. The van der Waals surface area contributed by atoms with Crippen LogP contribution in [0.3, 0.4) is 0 Å². The number of nitrogens with zero attached hydrogens (tertiary/aromatic N) is 2. The summed E-state index contributed by atoms with van der Waals surface area (Å²) in [5, 5.41) is 12.8. The SMILES string of the molecule is Cc1ncsc1CNCC(O)CN(C)C. The highest BCUT2D eigenvalue weighted by Gasteiger charge is 2.06. The Kier molecular flexibility index (Phi) is 5.17. The first-order valence-electron chi connectivity index (χ1n) is 5.02. The Bertz CT molecular complexity index is 288. The average Bonchev–Trinajstić information content (AvgIpc) is 2.50. The maximum Gasteiger partial charge on any atom is 0.0798 e. The second-order valence-corrected chi connectivity index (χ2v) is 4.85. The quantitative estimate of drug-likeness (QED) is 0.744. The summed E-state index contributed by atoms with van der Waals surface area (Å²) in [6.45, 7) is 4.11. The fourth-order valence-corrected chi connectivity index (χ4v) is 2.08. The molecule has 1 atom stereocenters. The number of nitrogens with one attached hydrogen (secondary N) is 1. The molecular weight excluding hydrogens is 210 g/mol. The summed E-state index contributed by atoms with van der Waals surface area (Å²) in [5.41, 5.74) is 2.93. The van der Waals surface area contributed by atoms with Gasteiger partial charge in [-0.2, -0.15) is 0 Å². The van der Waals surface area contributed by atoms with E-state index < -0.39 is 0 Å². The lowest BCUT2D eigenvalue weighted by Gasteiger charge is -2.16. The molecule has 1 aromatic rings. The molecule has 0 radical (unpaired) electrons. The fourth-order valence-electron chi connectivity index (χ4n) is 1.33. The molecule has 1 unspecified atom stereocenters. The minimum absolute atomic E-state index is 0.312. The van der Waals surface area contributed by atoms with Crippen molar-refractivity contribution in [1.29, 1.82) is 0 Å². The van der Waals surface area contributed by atoms with Crippen LogP contribution in [0.4, 0.5) is 0 Å². The Morgan fingerprint density at radius 1 is 1.60 bits per heavy atom. The molecule has 1 heterocycles. The summed E-state index contributed by atoms with van der Waals surface area (Å²) in [4.78, 5) is 7.39.